The van der Waals surface area contributed by atoms with Gasteiger partial charge in [0.15, 0.2) is 0 Å². The van der Waals surface area contributed by atoms with Crippen molar-refractivity contribution in [3.05, 3.63) is 29.8 Å². The van der Waals surface area contributed by atoms with Gasteiger partial charge in [0.1, 0.15) is 0 Å². The standard InChI is InChI=1S/C16H19N3O/c1-19(13-4-2-3-10(7-13)9-17)16(20)14-11-5-6-12(8-11)15(14)18/h2-4,7,11-12,14-15H,5-6,8,18H2,1H3. The van der Waals surface area contributed by atoms with E-state index in [0.29, 0.717) is 17.4 Å². The predicted molar refractivity (Wildman–Crippen MR) is 76.9 cm³/mol. The number of carbonyl (C=O) groups is 1. The highest BCUT2D eigenvalue weighted by molar-refractivity contribution is 5.95. The topological polar surface area (TPSA) is 70.1 Å². The Hall–Kier alpha value is -1.86. The first kappa shape index (κ1) is 13.1. The second-order valence-corrected chi connectivity index (χ2v) is 6.00. The molecule has 104 valence electrons. The number of hydrogen-bond donors (Lipinski definition) is 1. The quantitative estimate of drug-likeness (QED) is 0.891. The highest BCUT2D eigenvalue weighted by Crippen LogP contribution is 2.48. The number of amides is 1. The van der Waals surface area contributed by atoms with Crippen molar-refractivity contribution < 1.29 is 4.79 Å². The fourth-order valence-corrected chi connectivity index (χ4v) is 3.84. The van der Waals surface area contributed by atoms with E-state index in [2.05, 4.69) is 6.07 Å². The highest BCUT2D eigenvalue weighted by atomic mass is 16.2. The number of rotatable bonds is 2. The van der Waals surface area contributed by atoms with Gasteiger partial charge in [-0.05, 0) is 49.3 Å². The lowest BCUT2D eigenvalue weighted by Gasteiger charge is -2.30. The maximum Gasteiger partial charge on any atom is 0.231 e. The molecule has 0 radical (unpaired) electrons. The molecule has 1 aromatic rings. The van der Waals surface area contributed by atoms with Crippen molar-refractivity contribution in [2.24, 2.45) is 23.5 Å². The largest absolute Gasteiger partial charge is 0.327 e. The molecule has 2 N–H and O–H groups in total. The van der Waals surface area contributed by atoms with Crippen molar-refractivity contribution >= 4 is 11.6 Å². The lowest BCUT2D eigenvalue weighted by Crippen LogP contribution is -2.46. The van der Waals surface area contributed by atoms with Crippen molar-refractivity contribution in [2.45, 2.75) is 25.3 Å². The third kappa shape index (κ3) is 1.99. The molecule has 2 aliphatic rings. The number of nitriles is 1. The summed E-state index contributed by atoms with van der Waals surface area (Å²) in [5, 5.41) is 8.95. The Kier molecular flexibility index (Phi) is 3.23. The molecular weight excluding hydrogens is 250 g/mol. The molecular formula is C16H19N3O. The summed E-state index contributed by atoms with van der Waals surface area (Å²) in [6.45, 7) is 0. The Morgan fingerprint density at radius 1 is 1.40 bits per heavy atom. The van der Waals surface area contributed by atoms with E-state index in [-0.39, 0.29) is 17.9 Å². The summed E-state index contributed by atoms with van der Waals surface area (Å²) in [4.78, 5) is 14.4. The van der Waals surface area contributed by atoms with Crippen LogP contribution in [0.3, 0.4) is 0 Å². The van der Waals surface area contributed by atoms with Crippen LogP contribution in [0.4, 0.5) is 5.69 Å². The Balaban J connectivity index is 1.82. The van der Waals surface area contributed by atoms with Crippen molar-refractivity contribution in [2.75, 3.05) is 11.9 Å². The Morgan fingerprint density at radius 3 is 2.80 bits per heavy atom. The van der Waals surface area contributed by atoms with Crippen LogP contribution in [0.15, 0.2) is 24.3 Å². The molecule has 4 atom stereocenters. The first-order valence-corrected chi connectivity index (χ1v) is 7.15. The summed E-state index contributed by atoms with van der Waals surface area (Å²) in [6.07, 6.45) is 3.40. The molecule has 0 spiro atoms. The fourth-order valence-electron chi connectivity index (χ4n) is 3.84. The van der Waals surface area contributed by atoms with Crippen LogP contribution < -0.4 is 10.6 Å². The Bertz CT molecular complexity index is 575. The molecule has 4 heteroatoms. The van der Waals surface area contributed by atoms with Gasteiger partial charge < -0.3 is 10.6 Å². The van der Waals surface area contributed by atoms with Gasteiger partial charge in [0.05, 0.1) is 17.6 Å². The van der Waals surface area contributed by atoms with Gasteiger partial charge in [0.25, 0.3) is 0 Å². The summed E-state index contributed by atoms with van der Waals surface area (Å²) in [5.74, 6) is 1.01. The van der Waals surface area contributed by atoms with Gasteiger partial charge in [0.2, 0.25) is 5.91 Å². The summed E-state index contributed by atoms with van der Waals surface area (Å²) in [7, 11) is 1.78. The second kappa shape index (κ2) is 4.92. The SMILES string of the molecule is CN(C(=O)C1C2CCC(C2)C1N)c1cccc(C#N)c1. The van der Waals surface area contributed by atoms with Crippen molar-refractivity contribution in [3.63, 3.8) is 0 Å². The maximum absolute atomic E-state index is 12.7. The van der Waals surface area contributed by atoms with Gasteiger partial charge in [-0.2, -0.15) is 5.26 Å². The molecule has 20 heavy (non-hydrogen) atoms. The van der Waals surface area contributed by atoms with Crippen LogP contribution >= 0.6 is 0 Å². The van der Waals surface area contributed by atoms with E-state index in [4.69, 9.17) is 11.0 Å². The average Bonchev–Trinajstić information content (AvgIpc) is 3.06. The van der Waals surface area contributed by atoms with Crippen molar-refractivity contribution in [3.8, 4) is 6.07 Å². The molecule has 4 nitrogen and oxygen atoms in total. The van der Waals surface area contributed by atoms with E-state index in [1.807, 2.05) is 6.07 Å². The van der Waals surface area contributed by atoms with Crippen molar-refractivity contribution in [1.82, 2.24) is 0 Å². The third-order valence-corrected chi connectivity index (χ3v) is 4.96. The van der Waals surface area contributed by atoms with Gasteiger partial charge in [-0.1, -0.05) is 6.07 Å². The highest BCUT2D eigenvalue weighted by Gasteiger charge is 2.49. The van der Waals surface area contributed by atoms with Gasteiger partial charge in [-0.3, -0.25) is 4.79 Å². The summed E-state index contributed by atoms with van der Waals surface area (Å²) < 4.78 is 0. The molecule has 2 aliphatic carbocycles. The van der Waals surface area contributed by atoms with E-state index in [1.54, 1.807) is 30.1 Å². The smallest absolute Gasteiger partial charge is 0.231 e. The second-order valence-electron chi connectivity index (χ2n) is 6.00. The molecule has 1 aromatic carbocycles. The normalized spacial score (nSPS) is 31.1. The van der Waals surface area contributed by atoms with Gasteiger partial charge in [-0.15, -0.1) is 0 Å². The molecule has 2 bridgehead atoms. The lowest BCUT2D eigenvalue weighted by atomic mass is 9.84. The van der Waals surface area contributed by atoms with Crippen LogP contribution in [0.2, 0.25) is 0 Å². The van der Waals surface area contributed by atoms with Crippen molar-refractivity contribution in [1.29, 1.82) is 5.26 Å². The van der Waals surface area contributed by atoms with E-state index in [1.165, 1.54) is 6.42 Å². The minimum absolute atomic E-state index is 0.00264. The van der Waals surface area contributed by atoms with Crippen LogP contribution in [-0.4, -0.2) is 19.0 Å². The average molecular weight is 269 g/mol. The van der Waals surface area contributed by atoms with Gasteiger partial charge in [-0.25, -0.2) is 0 Å². The van der Waals surface area contributed by atoms with Crippen LogP contribution in [0.1, 0.15) is 24.8 Å². The molecule has 2 fully saturated rings. The molecule has 3 rings (SSSR count). The Morgan fingerprint density at radius 2 is 2.15 bits per heavy atom. The summed E-state index contributed by atoms with van der Waals surface area (Å²) >= 11 is 0. The number of carbonyl (C=O) groups excluding carboxylic acids is 1. The zero-order chi connectivity index (χ0) is 14.3. The maximum atomic E-state index is 12.7. The minimum Gasteiger partial charge on any atom is -0.327 e. The van der Waals surface area contributed by atoms with E-state index < -0.39 is 0 Å². The number of hydrogen-bond acceptors (Lipinski definition) is 3. The summed E-state index contributed by atoms with van der Waals surface area (Å²) in [6, 6.07) is 9.26. The van der Waals surface area contributed by atoms with E-state index in [0.717, 1.165) is 18.5 Å². The molecule has 4 unspecified atom stereocenters. The lowest BCUT2D eigenvalue weighted by molar-refractivity contribution is -0.124. The number of benzene rings is 1. The number of anilines is 1. The molecule has 0 heterocycles. The van der Waals surface area contributed by atoms with Gasteiger partial charge >= 0.3 is 0 Å². The molecule has 0 aromatic heterocycles. The minimum atomic E-state index is -0.0514. The van der Waals surface area contributed by atoms with E-state index >= 15 is 0 Å². The summed E-state index contributed by atoms with van der Waals surface area (Å²) in [5.41, 5.74) is 7.57. The first-order valence-electron chi connectivity index (χ1n) is 7.15. The van der Waals surface area contributed by atoms with Crippen LogP contribution in [0, 0.1) is 29.1 Å². The van der Waals surface area contributed by atoms with Gasteiger partial charge in [0, 0.05) is 18.8 Å². The monoisotopic (exact) mass is 269 g/mol. The van der Waals surface area contributed by atoms with Crippen LogP contribution in [0.5, 0.6) is 0 Å². The third-order valence-electron chi connectivity index (χ3n) is 4.96. The first-order chi connectivity index (χ1) is 9.61. The molecule has 2 saturated carbocycles. The molecule has 0 aliphatic heterocycles. The molecule has 0 saturated heterocycles. The van der Waals surface area contributed by atoms with Crippen LogP contribution in [0.25, 0.3) is 0 Å². The van der Waals surface area contributed by atoms with Crippen LogP contribution in [-0.2, 0) is 4.79 Å². The predicted octanol–water partition coefficient (Wildman–Crippen LogP) is 1.89. The fraction of sp³-hybridized carbons (Fsp3) is 0.500. The Labute approximate surface area is 119 Å². The number of nitrogens with two attached hydrogens (primary N) is 1. The molecule has 1 amide bonds. The zero-order valence-corrected chi connectivity index (χ0v) is 11.6. The number of fused-ring (bicyclic) bond motifs is 2. The van der Waals surface area contributed by atoms with E-state index in [9.17, 15) is 4.79 Å². The number of nitrogens with zero attached hydrogens (tertiary/aromatic N) is 2. The zero-order valence-electron chi connectivity index (χ0n) is 11.6.